The molecule has 0 aromatic carbocycles. The summed E-state index contributed by atoms with van der Waals surface area (Å²) in [6.07, 6.45) is 2.63. The smallest absolute Gasteiger partial charge is 0.274 e. The molecule has 0 aliphatic heterocycles. The van der Waals surface area contributed by atoms with Crippen molar-refractivity contribution in [3.63, 3.8) is 0 Å². The van der Waals surface area contributed by atoms with Gasteiger partial charge in [0.2, 0.25) is 0 Å². The summed E-state index contributed by atoms with van der Waals surface area (Å²) in [5, 5.41) is 11.0. The van der Waals surface area contributed by atoms with Crippen LogP contribution in [0.15, 0.2) is 30.4 Å². The lowest BCUT2D eigenvalue weighted by Gasteiger charge is -2.25. The van der Waals surface area contributed by atoms with E-state index in [0.717, 1.165) is 11.8 Å². The van der Waals surface area contributed by atoms with Crippen molar-refractivity contribution in [2.24, 2.45) is 0 Å². The summed E-state index contributed by atoms with van der Waals surface area (Å²) in [6, 6.07) is 3.53. The van der Waals surface area contributed by atoms with Crippen LogP contribution in [0.25, 0.3) is 0 Å². The Hall–Kier alpha value is -1.82. The molecule has 1 heterocycles. The number of halogens is 1. The Morgan fingerprint density at radius 1 is 1.50 bits per heavy atom. The Balaban J connectivity index is 2.82. The molecule has 98 valence electrons. The number of aromatic nitrogens is 1. The Labute approximate surface area is 111 Å². The van der Waals surface area contributed by atoms with E-state index in [1.165, 1.54) is 0 Å². The molecule has 0 radical (unpaired) electrons. The van der Waals surface area contributed by atoms with Gasteiger partial charge in [-0.05, 0) is 11.6 Å². The Kier molecular flexibility index (Phi) is 4.91. The van der Waals surface area contributed by atoms with Gasteiger partial charge in [0.05, 0.1) is 4.92 Å². The number of pyridine rings is 1. The van der Waals surface area contributed by atoms with Crippen LogP contribution in [0.2, 0.25) is 5.15 Å². The predicted octanol–water partition coefficient (Wildman–Crippen LogP) is 1.80. The van der Waals surface area contributed by atoms with Gasteiger partial charge in [-0.25, -0.2) is 4.98 Å². The van der Waals surface area contributed by atoms with Gasteiger partial charge in [0, 0.05) is 33.9 Å². The molecule has 0 atom stereocenters. The third-order valence-electron chi connectivity index (χ3n) is 2.28. The minimum Gasteiger partial charge on any atom is -0.359 e. The number of nitrogens with zero attached hydrogens (tertiary/aromatic N) is 4. The molecule has 1 aromatic heterocycles. The lowest BCUT2D eigenvalue weighted by molar-refractivity contribution is -0.405. The van der Waals surface area contributed by atoms with Gasteiger partial charge >= 0.3 is 0 Å². The first kappa shape index (κ1) is 14.2. The van der Waals surface area contributed by atoms with Crippen LogP contribution in [0.1, 0.15) is 5.56 Å². The highest BCUT2D eigenvalue weighted by atomic mass is 35.5. The third-order valence-corrected chi connectivity index (χ3v) is 2.50. The second-order valence-corrected chi connectivity index (χ2v) is 4.40. The molecule has 0 N–H and O–H groups in total. The van der Waals surface area contributed by atoms with E-state index in [4.69, 9.17) is 11.6 Å². The van der Waals surface area contributed by atoms with Crippen molar-refractivity contribution in [2.75, 3.05) is 21.1 Å². The van der Waals surface area contributed by atoms with Crippen LogP contribution >= 0.6 is 11.6 Å². The number of nitro groups is 1. The minimum atomic E-state index is -0.466. The van der Waals surface area contributed by atoms with Gasteiger partial charge < -0.3 is 9.80 Å². The highest BCUT2D eigenvalue weighted by Crippen LogP contribution is 2.12. The van der Waals surface area contributed by atoms with Gasteiger partial charge in [-0.2, -0.15) is 0 Å². The van der Waals surface area contributed by atoms with E-state index in [0.29, 0.717) is 17.5 Å². The van der Waals surface area contributed by atoms with Crippen molar-refractivity contribution >= 4 is 11.6 Å². The maximum Gasteiger partial charge on any atom is 0.274 e. The van der Waals surface area contributed by atoms with Gasteiger partial charge in [0.15, 0.2) is 5.82 Å². The maximum atomic E-state index is 10.6. The van der Waals surface area contributed by atoms with Gasteiger partial charge in [-0.1, -0.05) is 17.7 Å². The minimum absolute atomic E-state index is 0.426. The van der Waals surface area contributed by atoms with Crippen molar-refractivity contribution < 1.29 is 4.92 Å². The van der Waals surface area contributed by atoms with Crippen LogP contribution in [0.3, 0.4) is 0 Å². The fourth-order valence-corrected chi connectivity index (χ4v) is 1.62. The van der Waals surface area contributed by atoms with Crippen molar-refractivity contribution in [1.29, 1.82) is 0 Å². The van der Waals surface area contributed by atoms with Gasteiger partial charge in [0.25, 0.3) is 6.20 Å². The van der Waals surface area contributed by atoms with Crippen molar-refractivity contribution in [3.05, 3.63) is 51.2 Å². The van der Waals surface area contributed by atoms with Crippen molar-refractivity contribution in [2.45, 2.75) is 6.54 Å². The van der Waals surface area contributed by atoms with Gasteiger partial charge in [-0.15, -0.1) is 0 Å². The summed E-state index contributed by atoms with van der Waals surface area (Å²) in [5.74, 6) is 0.509. The molecule has 0 spiro atoms. The second kappa shape index (κ2) is 6.20. The molecule has 18 heavy (non-hydrogen) atoms. The van der Waals surface area contributed by atoms with E-state index >= 15 is 0 Å². The summed E-state index contributed by atoms with van der Waals surface area (Å²) >= 11 is 5.70. The normalized spacial score (nSPS) is 11.2. The van der Waals surface area contributed by atoms with Crippen LogP contribution in [0.4, 0.5) is 0 Å². The molecule has 0 amide bonds. The zero-order valence-corrected chi connectivity index (χ0v) is 11.3. The SMILES string of the molecule is CN(C)/C(=C/[N+](=O)[O-])N(C)Cc1ccc(Cl)nc1. The second-order valence-electron chi connectivity index (χ2n) is 4.01. The lowest BCUT2D eigenvalue weighted by atomic mass is 10.3. The predicted molar refractivity (Wildman–Crippen MR) is 69.5 cm³/mol. The molecular weight excluding hydrogens is 256 g/mol. The van der Waals surface area contributed by atoms with E-state index in [1.807, 2.05) is 6.07 Å². The fraction of sp³-hybridized carbons (Fsp3) is 0.364. The first-order chi connectivity index (χ1) is 8.40. The highest BCUT2D eigenvalue weighted by Gasteiger charge is 2.12. The average molecular weight is 271 g/mol. The van der Waals surface area contributed by atoms with Crippen LogP contribution in [-0.4, -0.2) is 40.9 Å². The molecule has 0 saturated carbocycles. The van der Waals surface area contributed by atoms with Crippen LogP contribution in [-0.2, 0) is 6.54 Å². The standard InChI is InChI=1S/C11H15ClN4O2/c1-14(2)11(8-16(17)18)15(3)7-9-4-5-10(12)13-6-9/h4-6,8H,7H2,1-3H3/b11-8-. The number of hydrogen-bond donors (Lipinski definition) is 0. The Morgan fingerprint density at radius 2 is 2.17 bits per heavy atom. The molecule has 0 bridgehead atoms. The van der Waals surface area contributed by atoms with Crippen molar-refractivity contribution in [1.82, 2.24) is 14.8 Å². The van der Waals surface area contributed by atoms with Crippen LogP contribution in [0.5, 0.6) is 0 Å². The Morgan fingerprint density at radius 3 is 2.61 bits per heavy atom. The van der Waals surface area contributed by atoms with Gasteiger partial charge in [-0.3, -0.25) is 10.1 Å². The molecule has 0 unspecified atom stereocenters. The van der Waals surface area contributed by atoms with E-state index in [-0.39, 0.29) is 0 Å². The topological polar surface area (TPSA) is 62.5 Å². The molecule has 7 heteroatoms. The highest BCUT2D eigenvalue weighted by molar-refractivity contribution is 6.29. The summed E-state index contributed by atoms with van der Waals surface area (Å²) in [7, 11) is 5.29. The summed E-state index contributed by atoms with van der Waals surface area (Å²) in [6.45, 7) is 0.516. The maximum absolute atomic E-state index is 10.6. The van der Waals surface area contributed by atoms with E-state index in [1.54, 1.807) is 43.2 Å². The molecular formula is C11H15ClN4O2. The van der Waals surface area contributed by atoms with Crippen molar-refractivity contribution in [3.8, 4) is 0 Å². The van der Waals surface area contributed by atoms with E-state index < -0.39 is 4.92 Å². The van der Waals surface area contributed by atoms with Crippen LogP contribution in [0, 0.1) is 10.1 Å². The first-order valence-corrected chi connectivity index (χ1v) is 5.62. The molecule has 0 saturated heterocycles. The van der Waals surface area contributed by atoms with E-state index in [2.05, 4.69) is 4.98 Å². The number of rotatable bonds is 5. The van der Waals surface area contributed by atoms with E-state index in [9.17, 15) is 10.1 Å². The third kappa shape index (κ3) is 4.21. The zero-order chi connectivity index (χ0) is 13.7. The van der Waals surface area contributed by atoms with Gasteiger partial charge in [0.1, 0.15) is 5.15 Å². The summed E-state index contributed by atoms with van der Waals surface area (Å²) < 4.78 is 0. The molecule has 0 aliphatic rings. The fourth-order valence-electron chi connectivity index (χ4n) is 1.50. The zero-order valence-electron chi connectivity index (χ0n) is 10.5. The molecule has 0 aliphatic carbocycles. The molecule has 1 rings (SSSR count). The largest absolute Gasteiger partial charge is 0.359 e. The molecule has 0 fully saturated rings. The average Bonchev–Trinajstić information content (AvgIpc) is 2.28. The first-order valence-electron chi connectivity index (χ1n) is 5.24. The summed E-state index contributed by atoms with van der Waals surface area (Å²) in [4.78, 5) is 17.5. The molecule has 6 nitrogen and oxygen atoms in total. The summed E-state index contributed by atoms with van der Waals surface area (Å²) in [5.41, 5.74) is 0.929. The molecule has 1 aromatic rings. The monoisotopic (exact) mass is 270 g/mol. The lowest BCUT2D eigenvalue weighted by Crippen LogP contribution is -2.28. The number of hydrogen-bond acceptors (Lipinski definition) is 5. The van der Waals surface area contributed by atoms with Crippen LogP contribution < -0.4 is 0 Å². The Bertz CT molecular complexity index is 445. The quantitative estimate of drug-likeness (QED) is 0.464.